The Morgan fingerprint density at radius 1 is 1.21 bits per heavy atom. The molecule has 19 heavy (non-hydrogen) atoms. The molecule has 1 aliphatic carbocycles. The maximum atomic E-state index is 11.5. The van der Waals surface area contributed by atoms with Crippen molar-refractivity contribution in [1.82, 2.24) is 10.6 Å². The number of carbonyl (C=O) groups excluding carboxylic acids is 2. The Morgan fingerprint density at radius 3 is 2.37 bits per heavy atom. The first kappa shape index (κ1) is 18.2. The molecule has 0 spiro atoms. The minimum absolute atomic E-state index is 0. The fraction of sp³-hybridized carbons (Fsp3) is 0.846. The normalized spacial score (nSPS) is 15.6. The Bertz CT molecular complexity index is 294. The molecule has 0 saturated heterocycles. The van der Waals surface area contributed by atoms with Crippen molar-refractivity contribution in [2.45, 2.75) is 45.6 Å². The van der Waals surface area contributed by atoms with Crippen LogP contribution in [0.3, 0.4) is 0 Å². The summed E-state index contributed by atoms with van der Waals surface area (Å²) in [6, 6.07) is 0.0875. The highest BCUT2D eigenvalue weighted by atomic mass is 35.5. The van der Waals surface area contributed by atoms with Gasteiger partial charge in [-0.1, -0.05) is 13.8 Å². The van der Waals surface area contributed by atoms with Gasteiger partial charge in [-0.05, 0) is 24.7 Å². The van der Waals surface area contributed by atoms with Crippen LogP contribution < -0.4 is 16.4 Å². The number of rotatable bonds is 8. The SMILES string of the molecule is CC(C)CC(=O)NCCC(=O)NCC(N)C1CC1.Cl. The number of carbonyl (C=O) groups is 2. The second-order valence-electron chi connectivity index (χ2n) is 5.50. The molecule has 0 bridgehead atoms. The van der Waals surface area contributed by atoms with Crippen LogP contribution in [0.4, 0.5) is 0 Å². The van der Waals surface area contributed by atoms with Crippen LogP contribution in [-0.4, -0.2) is 30.9 Å². The quantitative estimate of drug-likeness (QED) is 0.619. The van der Waals surface area contributed by atoms with Crippen molar-refractivity contribution in [1.29, 1.82) is 0 Å². The number of hydrogen-bond donors (Lipinski definition) is 3. The molecule has 4 N–H and O–H groups in total. The summed E-state index contributed by atoms with van der Waals surface area (Å²) < 4.78 is 0. The van der Waals surface area contributed by atoms with Gasteiger partial charge < -0.3 is 16.4 Å². The van der Waals surface area contributed by atoms with Crippen LogP contribution in [0.2, 0.25) is 0 Å². The molecule has 1 rings (SSSR count). The Balaban J connectivity index is 0.00000324. The molecular weight excluding hydrogens is 266 g/mol. The molecule has 1 fully saturated rings. The summed E-state index contributed by atoms with van der Waals surface area (Å²) in [5, 5.41) is 5.54. The smallest absolute Gasteiger partial charge is 0.221 e. The second kappa shape index (κ2) is 9.15. The average molecular weight is 292 g/mol. The number of nitrogens with two attached hydrogens (primary N) is 1. The number of hydrogen-bond acceptors (Lipinski definition) is 3. The van der Waals surface area contributed by atoms with Gasteiger partial charge in [-0.15, -0.1) is 12.4 Å². The van der Waals surface area contributed by atoms with Crippen LogP contribution in [0.1, 0.15) is 39.5 Å². The highest BCUT2D eigenvalue weighted by molar-refractivity contribution is 5.85. The maximum Gasteiger partial charge on any atom is 0.221 e. The summed E-state index contributed by atoms with van der Waals surface area (Å²) in [6.07, 6.45) is 3.19. The lowest BCUT2D eigenvalue weighted by atomic mass is 10.1. The van der Waals surface area contributed by atoms with Crippen molar-refractivity contribution in [2.75, 3.05) is 13.1 Å². The van der Waals surface area contributed by atoms with Crippen molar-refractivity contribution in [3.8, 4) is 0 Å². The van der Waals surface area contributed by atoms with E-state index in [-0.39, 0.29) is 30.3 Å². The van der Waals surface area contributed by atoms with Crippen LogP contribution in [0.25, 0.3) is 0 Å². The van der Waals surface area contributed by atoms with E-state index in [0.29, 0.717) is 37.8 Å². The Morgan fingerprint density at radius 2 is 1.84 bits per heavy atom. The molecular formula is C13H26ClN3O2. The predicted octanol–water partition coefficient (Wildman–Crippen LogP) is 0.814. The lowest BCUT2D eigenvalue weighted by Crippen LogP contribution is -2.39. The second-order valence-corrected chi connectivity index (χ2v) is 5.50. The van der Waals surface area contributed by atoms with E-state index >= 15 is 0 Å². The van der Waals surface area contributed by atoms with Gasteiger partial charge in [0.2, 0.25) is 11.8 Å². The molecule has 0 radical (unpaired) electrons. The van der Waals surface area contributed by atoms with E-state index in [1.54, 1.807) is 0 Å². The summed E-state index contributed by atoms with van der Waals surface area (Å²) in [5.74, 6) is 0.898. The molecule has 0 aromatic heterocycles. The van der Waals surface area contributed by atoms with Crippen LogP contribution in [0.5, 0.6) is 0 Å². The van der Waals surface area contributed by atoms with Crippen molar-refractivity contribution >= 4 is 24.2 Å². The standard InChI is InChI=1S/C13H25N3O2.ClH/c1-9(2)7-13(18)15-6-5-12(17)16-8-11(14)10-3-4-10;/h9-11H,3-8,14H2,1-2H3,(H,15,18)(H,16,17);1H. The molecule has 1 unspecified atom stereocenters. The van der Waals surface area contributed by atoms with Gasteiger partial charge >= 0.3 is 0 Å². The highest BCUT2D eigenvalue weighted by Crippen LogP contribution is 2.31. The fourth-order valence-electron chi connectivity index (χ4n) is 1.77. The molecule has 0 heterocycles. The minimum atomic E-state index is -0.0454. The van der Waals surface area contributed by atoms with Gasteiger partial charge in [-0.2, -0.15) is 0 Å². The molecule has 0 aromatic rings. The summed E-state index contributed by atoms with van der Waals surface area (Å²) in [5.41, 5.74) is 5.87. The Kier molecular flexibility index (Phi) is 8.76. The van der Waals surface area contributed by atoms with Crippen LogP contribution >= 0.6 is 12.4 Å². The molecule has 0 aromatic carbocycles. The van der Waals surface area contributed by atoms with Crippen molar-refractivity contribution < 1.29 is 9.59 Å². The first-order valence-corrected chi connectivity index (χ1v) is 6.78. The first-order chi connectivity index (χ1) is 8.49. The lowest BCUT2D eigenvalue weighted by Gasteiger charge is -2.12. The molecule has 0 aliphatic heterocycles. The van der Waals surface area contributed by atoms with E-state index in [4.69, 9.17) is 5.73 Å². The van der Waals surface area contributed by atoms with Gasteiger partial charge in [0.05, 0.1) is 0 Å². The molecule has 1 atom stereocenters. The molecule has 5 nitrogen and oxygen atoms in total. The van der Waals surface area contributed by atoms with Gasteiger partial charge in [-0.25, -0.2) is 0 Å². The Labute approximate surface area is 121 Å². The van der Waals surface area contributed by atoms with Gasteiger partial charge in [0, 0.05) is 32.0 Å². The zero-order chi connectivity index (χ0) is 13.5. The number of amides is 2. The van der Waals surface area contributed by atoms with E-state index in [2.05, 4.69) is 10.6 Å². The van der Waals surface area contributed by atoms with E-state index in [1.807, 2.05) is 13.8 Å². The molecule has 2 amide bonds. The fourth-order valence-corrected chi connectivity index (χ4v) is 1.77. The van der Waals surface area contributed by atoms with Gasteiger partial charge in [0.15, 0.2) is 0 Å². The summed E-state index contributed by atoms with van der Waals surface area (Å²) >= 11 is 0. The largest absolute Gasteiger partial charge is 0.356 e. The van der Waals surface area contributed by atoms with E-state index in [9.17, 15) is 9.59 Å². The van der Waals surface area contributed by atoms with E-state index < -0.39 is 0 Å². The van der Waals surface area contributed by atoms with E-state index in [0.717, 1.165) is 0 Å². The minimum Gasteiger partial charge on any atom is -0.356 e. The van der Waals surface area contributed by atoms with Crippen molar-refractivity contribution in [2.24, 2.45) is 17.6 Å². The summed E-state index contributed by atoms with van der Waals surface area (Å²) in [7, 11) is 0. The lowest BCUT2D eigenvalue weighted by molar-refractivity contribution is -0.122. The molecule has 112 valence electrons. The molecule has 1 saturated carbocycles. The van der Waals surface area contributed by atoms with Crippen LogP contribution in [0.15, 0.2) is 0 Å². The third-order valence-corrected chi connectivity index (χ3v) is 3.03. The van der Waals surface area contributed by atoms with Crippen molar-refractivity contribution in [3.63, 3.8) is 0 Å². The number of halogens is 1. The zero-order valence-electron chi connectivity index (χ0n) is 11.8. The molecule has 1 aliphatic rings. The maximum absolute atomic E-state index is 11.5. The third-order valence-electron chi connectivity index (χ3n) is 3.03. The van der Waals surface area contributed by atoms with Crippen molar-refractivity contribution in [3.05, 3.63) is 0 Å². The van der Waals surface area contributed by atoms with Gasteiger partial charge in [-0.3, -0.25) is 9.59 Å². The zero-order valence-corrected chi connectivity index (χ0v) is 12.6. The Hall–Kier alpha value is -0.810. The first-order valence-electron chi connectivity index (χ1n) is 6.78. The summed E-state index contributed by atoms with van der Waals surface area (Å²) in [6.45, 7) is 4.93. The monoisotopic (exact) mass is 291 g/mol. The summed E-state index contributed by atoms with van der Waals surface area (Å²) in [4.78, 5) is 22.8. The van der Waals surface area contributed by atoms with E-state index in [1.165, 1.54) is 12.8 Å². The van der Waals surface area contributed by atoms with Crippen LogP contribution in [-0.2, 0) is 9.59 Å². The van der Waals surface area contributed by atoms with Gasteiger partial charge in [0.1, 0.15) is 0 Å². The predicted molar refractivity (Wildman–Crippen MR) is 78.0 cm³/mol. The molecule has 6 heteroatoms. The topological polar surface area (TPSA) is 84.2 Å². The highest BCUT2D eigenvalue weighted by Gasteiger charge is 2.28. The number of nitrogens with one attached hydrogen (secondary N) is 2. The average Bonchev–Trinajstić information content (AvgIpc) is 3.08. The van der Waals surface area contributed by atoms with Gasteiger partial charge in [0.25, 0.3) is 0 Å². The third kappa shape index (κ3) is 8.83. The van der Waals surface area contributed by atoms with Crippen LogP contribution in [0, 0.1) is 11.8 Å².